The Labute approximate surface area is 95.6 Å². The first-order valence-corrected chi connectivity index (χ1v) is 5.32. The van der Waals surface area contributed by atoms with E-state index in [-0.39, 0.29) is 16.5 Å². The number of hydrogen-bond acceptors (Lipinski definition) is 3. The molecule has 17 heavy (non-hydrogen) atoms. The molecule has 0 atom stereocenters. The van der Waals surface area contributed by atoms with Crippen molar-refractivity contribution < 1.29 is 13.3 Å². The lowest BCUT2D eigenvalue weighted by Crippen LogP contribution is -2.34. The average molecular weight is 234 g/mol. The van der Waals surface area contributed by atoms with E-state index in [2.05, 4.69) is 5.16 Å². The van der Waals surface area contributed by atoms with Gasteiger partial charge >= 0.3 is 0 Å². The van der Waals surface area contributed by atoms with E-state index < -0.39 is 17.0 Å². The predicted molar refractivity (Wildman–Crippen MR) is 55.1 cm³/mol. The fourth-order valence-corrected chi connectivity index (χ4v) is 2.33. The molecule has 1 aromatic heterocycles. The van der Waals surface area contributed by atoms with Crippen LogP contribution in [0, 0.1) is 23.0 Å². The van der Waals surface area contributed by atoms with Crippen LogP contribution in [0.1, 0.15) is 24.8 Å². The molecule has 3 nitrogen and oxygen atoms in total. The molecular formula is C12H8F2N2O. The van der Waals surface area contributed by atoms with Gasteiger partial charge < -0.3 is 4.52 Å². The molecule has 86 valence electrons. The second-order valence-electron chi connectivity index (χ2n) is 4.33. The highest BCUT2D eigenvalue weighted by Gasteiger charge is 2.44. The summed E-state index contributed by atoms with van der Waals surface area (Å²) in [5.41, 5.74) is -1.09. The third-order valence-electron chi connectivity index (χ3n) is 3.45. The van der Waals surface area contributed by atoms with E-state index in [0.717, 1.165) is 12.5 Å². The number of nitriles is 1. The number of fused-ring (bicyclic) bond motifs is 1. The molecule has 1 fully saturated rings. The Morgan fingerprint density at radius 1 is 1.41 bits per heavy atom. The van der Waals surface area contributed by atoms with Gasteiger partial charge in [0.2, 0.25) is 0 Å². The van der Waals surface area contributed by atoms with Crippen LogP contribution in [0.15, 0.2) is 16.8 Å². The number of rotatable bonds is 1. The van der Waals surface area contributed by atoms with Crippen LogP contribution in [0.3, 0.4) is 0 Å². The van der Waals surface area contributed by atoms with E-state index >= 15 is 0 Å². The molecule has 2 aromatic rings. The Hall–Kier alpha value is -1.96. The van der Waals surface area contributed by atoms with Crippen molar-refractivity contribution in [2.45, 2.75) is 24.7 Å². The van der Waals surface area contributed by atoms with Gasteiger partial charge in [-0.05, 0) is 19.3 Å². The van der Waals surface area contributed by atoms with Gasteiger partial charge in [0, 0.05) is 11.6 Å². The minimum atomic E-state index is -1.01. The molecule has 0 N–H and O–H groups in total. The number of benzene rings is 1. The molecule has 5 heteroatoms. The van der Waals surface area contributed by atoms with Crippen LogP contribution in [-0.2, 0) is 5.41 Å². The van der Waals surface area contributed by atoms with Crippen molar-refractivity contribution in [3.05, 3.63) is 29.5 Å². The van der Waals surface area contributed by atoms with Crippen molar-refractivity contribution >= 4 is 11.0 Å². The summed E-state index contributed by atoms with van der Waals surface area (Å²) in [6.45, 7) is 0. The monoisotopic (exact) mass is 234 g/mol. The zero-order valence-corrected chi connectivity index (χ0v) is 8.83. The molecule has 0 radical (unpaired) electrons. The maximum Gasteiger partial charge on any atom is 0.172 e. The third-order valence-corrected chi connectivity index (χ3v) is 3.45. The molecule has 1 aliphatic carbocycles. The fraction of sp³-hybridized carbons (Fsp3) is 0.333. The van der Waals surface area contributed by atoms with Crippen molar-refractivity contribution in [2.24, 2.45) is 0 Å². The van der Waals surface area contributed by atoms with Gasteiger partial charge in [-0.1, -0.05) is 5.16 Å². The molecule has 0 spiro atoms. The topological polar surface area (TPSA) is 49.8 Å². The summed E-state index contributed by atoms with van der Waals surface area (Å²) in [6.07, 6.45) is 3.01. The van der Waals surface area contributed by atoms with Crippen molar-refractivity contribution in [3.8, 4) is 6.07 Å². The molecule has 0 saturated heterocycles. The molecule has 0 bridgehead atoms. The Balaban J connectivity index is 2.32. The summed E-state index contributed by atoms with van der Waals surface area (Å²) in [5, 5.41) is 12.7. The average Bonchev–Trinajstić information content (AvgIpc) is 2.69. The molecule has 0 amide bonds. The highest BCUT2D eigenvalue weighted by molar-refractivity contribution is 5.78. The summed E-state index contributed by atoms with van der Waals surface area (Å²) in [5.74, 6) is -1.45. The second kappa shape index (κ2) is 3.27. The van der Waals surface area contributed by atoms with E-state index in [4.69, 9.17) is 9.78 Å². The minimum Gasteiger partial charge on any atom is -0.356 e. The normalized spacial score (nSPS) is 17.7. The van der Waals surface area contributed by atoms with E-state index in [9.17, 15) is 8.78 Å². The van der Waals surface area contributed by atoms with Gasteiger partial charge in [0.15, 0.2) is 5.58 Å². The highest BCUT2D eigenvalue weighted by atomic mass is 19.1. The van der Waals surface area contributed by atoms with Crippen LogP contribution < -0.4 is 0 Å². The van der Waals surface area contributed by atoms with Gasteiger partial charge in [-0.3, -0.25) is 0 Å². The quantitative estimate of drug-likeness (QED) is 0.761. The molecule has 1 aliphatic rings. The third kappa shape index (κ3) is 1.21. The van der Waals surface area contributed by atoms with Crippen molar-refractivity contribution in [1.82, 2.24) is 5.16 Å². The number of hydrogen-bond donors (Lipinski definition) is 0. The van der Waals surface area contributed by atoms with E-state index in [0.29, 0.717) is 12.8 Å². The summed E-state index contributed by atoms with van der Waals surface area (Å²) >= 11 is 0. The fourth-order valence-electron chi connectivity index (χ4n) is 2.33. The highest BCUT2D eigenvalue weighted by Crippen LogP contribution is 2.46. The number of nitrogens with zero attached hydrogens (tertiary/aromatic N) is 2. The van der Waals surface area contributed by atoms with Crippen molar-refractivity contribution in [3.63, 3.8) is 0 Å². The van der Waals surface area contributed by atoms with Gasteiger partial charge in [0.1, 0.15) is 11.6 Å². The van der Waals surface area contributed by atoms with Crippen LogP contribution in [-0.4, -0.2) is 5.16 Å². The van der Waals surface area contributed by atoms with Gasteiger partial charge in [0.25, 0.3) is 0 Å². The predicted octanol–water partition coefficient (Wildman–Crippen LogP) is 3.05. The first kappa shape index (κ1) is 10.2. The molecule has 1 heterocycles. The Bertz CT molecular complexity index is 638. The van der Waals surface area contributed by atoms with E-state index in [1.54, 1.807) is 0 Å². The van der Waals surface area contributed by atoms with Crippen LogP contribution >= 0.6 is 0 Å². The Morgan fingerprint density at radius 3 is 2.76 bits per heavy atom. The van der Waals surface area contributed by atoms with Gasteiger partial charge in [-0.25, -0.2) is 8.78 Å². The Morgan fingerprint density at radius 2 is 2.18 bits per heavy atom. The second-order valence-corrected chi connectivity index (χ2v) is 4.33. The minimum absolute atomic E-state index is 0.0659. The zero-order chi connectivity index (χ0) is 12.0. The molecule has 3 rings (SSSR count). The Kier molecular flexibility index (Phi) is 1.96. The number of aromatic nitrogens is 1. The largest absolute Gasteiger partial charge is 0.356 e. The zero-order valence-electron chi connectivity index (χ0n) is 8.83. The van der Waals surface area contributed by atoms with Crippen LogP contribution in [0.4, 0.5) is 8.78 Å². The molecule has 0 aliphatic heterocycles. The number of halogens is 2. The molecule has 1 saturated carbocycles. The van der Waals surface area contributed by atoms with Crippen molar-refractivity contribution in [2.75, 3.05) is 0 Å². The molecule has 0 unspecified atom stereocenters. The van der Waals surface area contributed by atoms with E-state index in [1.807, 2.05) is 6.07 Å². The molecular weight excluding hydrogens is 226 g/mol. The van der Waals surface area contributed by atoms with Crippen LogP contribution in [0.25, 0.3) is 11.0 Å². The molecule has 1 aromatic carbocycles. The first-order chi connectivity index (χ1) is 8.18. The lowest BCUT2D eigenvalue weighted by atomic mass is 9.65. The van der Waals surface area contributed by atoms with E-state index in [1.165, 1.54) is 6.20 Å². The summed E-state index contributed by atoms with van der Waals surface area (Å²) in [6, 6.07) is 3.13. The lowest BCUT2D eigenvalue weighted by molar-refractivity contribution is 0.302. The van der Waals surface area contributed by atoms with Crippen LogP contribution in [0.5, 0.6) is 0 Å². The lowest BCUT2D eigenvalue weighted by Gasteiger charge is -2.35. The van der Waals surface area contributed by atoms with Crippen molar-refractivity contribution in [1.29, 1.82) is 5.26 Å². The van der Waals surface area contributed by atoms with Gasteiger partial charge in [-0.2, -0.15) is 5.26 Å². The van der Waals surface area contributed by atoms with Gasteiger partial charge in [-0.15, -0.1) is 0 Å². The summed E-state index contributed by atoms with van der Waals surface area (Å²) in [7, 11) is 0. The summed E-state index contributed by atoms with van der Waals surface area (Å²) < 4.78 is 32.8. The maximum absolute atomic E-state index is 14.2. The van der Waals surface area contributed by atoms with Crippen LogP contribution in [0.2, 0.25) is 0 Å². The SMILES string of the molecule is N#CC1(c2c(F)cc3oncc3c2F)CCC1. The smallest absolute Gasteiger partial charge is 0.172 e. The van der Waals surface area contributed by atoms with Gasteiger partial charge in [0.05, 0.1) is 23.1 Å². The summed E-state index contributed by atoms with van der Waals surface area (Å²) in [4.78, 5) is 0. The first-order valence-electron chi connectivity index (χ1n) is 5.32. The standard InChI is InChI=1S/C12H8F2N2O/c13-8-4-9-7(5-16-17-9)11(14)10(8)12(6-15)2-1-3-12/h4-5H,1-3H2. The maximum atomic E-state index is 14.2.